The molecule has 4 N–H and O–H groups in total. The van der Waals surface area contributed by atoms with Gasteiger partial charge in [0.05, 0.1) is 44.9 Å². The molecule has 4 fully saturated rings. The third-order valence-corrected chi connectivity index (χ3v) is 18.4. The summed E-state index contributed by atoms with van der Waals surface area (Å²) in [6, 6.07) is 16.6. The fourth-order valence-electron chi connectivity index (χ4n) is 11.7. The molecule has 2 aromatic heterocycles. The van der Waals surface area contributed by atoms with Crippen molar-refractivity contribution in [3.05, 3.63) is 106 Å². The smallest absolute Gasteiger partial charge is 0.297 e. The maximum Gasteiger partial charge on any atom is 0.297 e. The van der Waals surface area contributed by atoms with Crippen molar-refractivity contribution in [3.63, 3.8) is 0 Å². The van der Waals surface area contributed by atoms with Crippen LogP contribution in [0.5, 0.6) is 17.2 Å². The van der Waals surface area contributed by atoms with Crippen molar-refractivity contribution in [1.29, 1.82) is 0 Å². The van der Waals surface area contributed by atoms with Crippen LogP contribution >= 0.6 is 0 Å². The van der Waals surface area contributed by atoms with Crippen LogP contribution in [0.15, 0.2) is 78.0 Å². The van der Waals surface area contributed by atoms with Crippen LogP contribution in [0.1, 0.15) is 99.0 Å². The number of nitrogens with zero attached hydrogens (tertiary/aromatic N) is 5. The van der Waals surface area contributed by atoms with Crippen molar-refractivity contribution in [2.75, 3.05) is 62.3 Å². The number of H-pyrrole nitrogens is 1. The lowest BCUT2D eigenvalue weighted by Gasteiger charge is -2.59. The van der Waals surface area contributed by atoms with E-state index in [1.807, 2.05) is 12.1 Å². The van der Waals surface area contributed by atoms with Crippen LogP contribution in [0.4, 0.5) is 21.5 Å². The van der Waals surface area contributed by atoms with E-state index in [1.165, 1.54) is 35.7 Å². The molecule has 10 rings (SSSR count). The lowest BCUT2D eigenvalue weighted by atomic mass is 9.69. The zero-order valence-corrected chi connectivity index (χ0v) is 42.4. The topological polar surface area (TPSA) is 230 Å². The average Bonchev–Trinajstić information content (AvgIpc) is 3.71. The van der Waals surface area contributed by atoms with Crippen molar-refractivity contribution in [2.24, 2.45) is 11.3 Å². The summed E-state index contributed by atoms with van der Waals surface area (Å²) in [5.41, 5.74) is 2.06. The molecule has 0 unspecified atom stereocenters. The highest BCUT2D eigenvalue weighted by molar-refractivity contribution is 7.90. The lowest BCUT2D eigenvalue weighted by Crippen LogP contribution is -2.65. The number of carbonyl (C=O) groups is 1. The monoisotopic (exact) mass is 1030 g/mol. The molecule has 21 heteroatoms. The minimum Gasteiger partial charge on any atom is -0.489 e. The number of aromatic nitrogens is 2. The molecular weight excluding hydrogens is 968 g/mol. The Bertz CT molecular complexity index is 3140. The van der Waals surface area contributed by atoms with Gasteiger partial charge in [-0.3, -0.25) is 19.8 Å². The van der Waals surface area contributed by atoms with E-state index in [-0.39, 0.29) is 81.4 Å². The van der Waals surface area contributed by atoms with Gasteiger partial charge in [0.25, 0.3) is 21.6 Å². The van der Waals surface area contributed by atoms with E-state index in [2.05, 4.69) is 55.8 Å². The quantitative estimate of drug-likeness (QED) is 0.0702. The Labute approximate surface area is 418 Å². The summed E-state index contributed by atoms with van der Waals surface area (Å²) >= 11 is 0. The maximum atomic E-state index is 14.7. The Morgan fingerprint density at radius 3 is 2.46 bits per heavy atom. The number of halogens is 1. The third-order valence-electron chi connectivity index (χ3n) is 15.9. The summed E-state index contributed by atoms with van der Waals surface area (Å²) in [5.74, 6) is -1.24. The normalized spacial score (nSPS) is 24.8. The zero-order valence-electron chi connectivity index (χ0n) is 40.8. The van der Waals surface area contributed by atoms with E-state index < -0.39 is 52.9 Å². The summed E-state index contributed by atoms with van der Waals surface area (Å²) in [6.07, 6.45) is 8.80. The number of likely N-dealkylation sites (tertiary alicyclic amines) is 1. The molecule has 3 atom stereocenters. The largest absolute Gasteiger partial charge is 0.489 e. The van der Waals surface area contributed by atoms with Crippen LogP contribution in [0.25, 0.3) is 11.0 Å². The Kier molecular flexibility index (Phi) is 13.0. The van der Waals surface area contributed by atoms with Crippen LogP contribution in [0, 0.1) is 27.3 Å². The number of nitro groups is 1. The Balaban J connectivity index is 0.866. The second-order valence-corrected chi connectivity index (χ2v) is 24.8. The predicted octanol–water partition coefficient (Wildman–Crippen LogP) is 7.48. The molecule has 1 spiro atoms. The summed E-state index contributed by atoms with van der Waals surface area (Å²) in [5, 5.41) is 26.2. The first-order valence-electron chi connectivity index (χ1n) is 24.6. The van der Waals surface area contributed by atoms with Gasteiger partial charge in [-0.15, -0.1) is 0 Å². The Hall–Kier alpha value is -5.87. The van der Waals surface area contributed by atoms with Crippen molar-refractivity contribution >= 4 is 54.0 Å². The van der Waals surface area contributed by atoms with Gasteiger partial charge in [-0.05, 0) is 98.4 Å². The zero-order chi connectivity index (χ0) is 50.9. The molecule has 1 aliphatic carbocycles. The van der Waals surface area contributed by atoms with Crippen LogP contribution < -0.4 is 24.4 Å². The van der Waals surface area contributed by atoms with E-state index in [9.17, 15) is 41.2 Å². The van der Waals surface area contributed by atoms with E-state index in [0.29, 0.717) is 57.5 Å². The number of nitro benzene ring substituents is 1. The third kappa shape index (κ3) is 9.84. The first-order valence-corrected chi connectivity index (χ1v) is 28.0. The first-order chi connectivity index (χ1) is 34.2. The molecular formula is C51H61FN8O10S2. The molecule has 3 aromatic carbocycles. The molecule has 0 radical (unpaired) electrons. The number of rotatable bonds is 12. The molecule has 5 aliphatic rings. The number of sulfonamides is 2. The van der Waals surface area contributed by atoms with Crippen LogP contribution in [-0.4, -0.2) is 122 Å². The van der Waals surface area contributed by atoms with Gasteiger partial charge in [0.15, 0.2) is 11.4 Å². The summed E-state index contributed by atoms with van der Waals surface area (Å²) in [6.45, 7) is 10.3. The fraction of sp³-hybridized carbons (Fsp3) is 0.490. The fourth-order valence-corrected chi connectivity index (χ4v) is 13.6. The standard InChI is InChI=1S/C51H61FN8O10S2/c1-31(2)36-7-5-6-8-37(36)40-27-59(71(4,65)66)18-13-43(40)58-29-51(30-58)16-19-57(20-17-51)33-9-10-38(45(21-33)70-34-22-39-41(52)26-54-48(39)53-25-34)49(61)56-72(67,68)35-23-44(60(63)64)47-46(24-35)69-28-42(55-47)32-11-14-50(3,62)15-12-32/h5-10,21-26,31-32,40,42-43,55,62H,11-20,27-30H2,1-4H3,(H,53,54)(H,56,61)/t32?,40-,42+,43-,50?/m0/s1. The number of benzene rings is 3. The molecule has 5 aromatic rings. The number of nitrogens with one attached hydrogen (secondary N) is 3. The molecule has 6 heterocycles. The average molecular weight is 1030 g/mol. The van der Waals surface area contributed by atoms with E-state index in [4.69, 9.17) is 9.47 Å². The van der Waals surface area contributed by atoms with Gasteiger partial charge in [-0.25, -0.2) is 35.2 Å². The van der Waals surface area contributed by atoms with Gasteiger partial charge in [0.2, 0.25) is 10.0 Å². The second-order valence-electron chi connectivity index (χ2n) is 21.1. The van der Waals surface area contributed by atoms with Gasteiger partial charge in [0, 0.05) is 81.3 Å². The van der Waals surface area contributed by atoms with E-state index in [0.717, 1.165) is 50.7 Å². The van der Waals surface area contributed by atoms with Crippen molar-refractivity contribution in [2.45, 2.75) is 100 Å². The second kappa shape index (κ2) is 18.9. The minimum atomic E-state index is -4.75. The number of aliphatic hydroxyl groups is 1. The minimum absolute atomic E-state index is 0.0280. The number of piperidine rings is 2. The molecule has 72 heavy (non-hydrogen) atoms. The van der Waals surface area contributed by atoms with Gasteiger partial charge in [-0.2, -0.15) is 0 Å². The predicted molar refractivity (Wildman–Crippen MR) is 269 cm³/mol. The van der Waals surface area contributed by atoms with Crippen LogP contribution in [-0.2, 0) is 20.0 Å². The number of fused-ring (bicyclic) bond motifs is 2. The van der Waals surface area contributed by atoms with Crippen LogP contribution in [0.3, 0.4) is 0 Å². The van der Waals surface area contributed by atoms with E-state index >= 15 is 0 Å². The van der Waals surface area contributed by atoms with E-state index in [1.54, 1.807) is 23.4 Å². The molecule has 0 bridgehead atoms. The number of hydrogen-bond acceptors (Lipinski definition) is 14. The SMILES string of the molecule is CC(C)c1ccccc1[C@@H]1CN(S(C)(=O)=O)CC[C@@H]1N1CC2(CCN(c3ccc(C(=O)NS(=O)(=O)c4cc5c(c([N+](=O)[O-])c4)N[C@@H](C4CCC(C)(O)CC4)CO5)c(Oc4cnc5[nH]cc(F)c5c4)c3)CC2)C1. The molecule has 18 nitrogen and oxygen atoms in total. The molecule has 1 amide bonds. The number of amides is 1. The number of hydrogen-bond donors (Lipinski definition) is 4. The summed E-state index contributed by atoms with van der Waals surface area (Å²) < 4.78 is 84.2. The number of pyridine rings is 1. The van der Waals surface area contributed by atoms with Crippen molar-refractivity contribution in [3.8, 4) is 17.2 Å². The number of aromatic amines is 1. The highest BCUT2D eigenvalue weighted by atomic mass is 32.2. The van der Waals surface area contributed by atoms with Gasteiger partial charge >= 0.3 is 0 Å². The number of anilines is 2. The highest BCUT2D eigenvalue weighted by Crippen LogP contribution is 2.48. The summed E-state index contributed by atoms with van der Waals surface area (Å²) in [4.78, 5) is 37.0. The number of carbonyl (C=O) groups excluding carboxylic acids is 1. The maximum absolute atomic E-state index is 14.7. The highest BCUT2D eigenvalue weighted by Gasteiger charge is 2.50. The first kappa shape index (κ1) is 49.7. The molecule has 384 valence electrons. The summed E-state index contributed by atoms with van der Waals surface area (Å²) in [7, 11) is -8.12. The van der Waals surface area contributed by atoms with Crippen LogP contribution in [0.2, 0.25) is 0 Å². The molecule has 4 aliphatic heterocycles. The Morgan fingerprint density at radius 1 is 1.01 bits per heavy atom. The van der Waals surface area contributed by atoms with Crippen molar-refractivity contribution < 1.29 is 45.5 Å². The lowest BCUT2D eigenvalue weighted by molar-refractivity contribution is -0.384. The molecule has 1 saturated carbocycles. The van der Waals surface area contributed by atoms with Gasteiger partial charge in [0.1, 0.15) is 29.6 Å². The van der Waals surface area contributed by atoms with Crippen molar-refractivity contribution in [1.82, 2.24) is 23.9 Å². The Morgan fingerprint density at radius 2 is 1.75 bits per heavy atom. The van der Waals surface area contributed by atoms with Gasteiger partial charge < -0.3 is 29.8 Å². The van der Waals surface area contributed by atoms with Gasteiger partial charge in [-0.1, -0.05) is 38.1 Å². The molecule has 3 saturated heterocycles. The number of ether oxygens (including phenoxy) is 2.